The van der Waals surface area contributed by atoms with Gasteiger partial charge in [-0.05, 0) is 31.0 Å². The minimum absolute atomic E-state index is 0.0150. The van der Waals surface area contributed by atoms with Gasteiger partial charge in [-0.1, -0.05) is 30.7 Å². The Morgan fingerprint density at radius 3 is 2.29 bits per heavy atom. The number of carboxylic acid groups (broad SMARTS) is 1. The third kappa shape index (κ3) is 6.20. The summed E-state index contributed by atoms with van der Waals surface area (Å²) in [5, 5.41) is 12.3. The van der Waals surface area contributed by atoms with Crippen molar-refractivity contribution < 1.29 is 19.5 Å². The van der Waals surface area contributed by atoms with Crippen LogP contribution in [0.4, 0.5) is 0 Å². The first-order valence-electron chi connectivity index (χ1n) is 7.78. The first-order valence-corrected chi connectivity index (χ1v) is 8.16. The predicted molar refractivity (Wildman–Crippen MR) is 91.7 cm³/mol. The second-order valence-electron chi connectivity index (χ2n) is 5.68. The van der Waals surface area contributed by atoms with E-state index in [1.165, 1.54) is 11.8 Å². The minimum Gasteiger partial charge on any atom is -0.480 e. The number of nitrogens with zero attached hydrogens (tertiary/aromatic N) is 1. The molecule has 0 radical (unpaired) electrons. The molecule has 0 aliphatic rings. The SMILES string of the molecule is CCC(C)N(CC(=O)O)C(=O)CC(NC(C)=O)c1ccc(Cl)cc1. The van der Waals surface area contributed by atoms with E-state index in [1.807, 2.05) is 6.92 Å². The van der Waals surface area contributed by atoms with Gasteiger partial charge in [0, 0.05) is 18.0 Å². The molecule has 1 aromatic rings. The van der Waals surface area contributed by atoms with Gasteiger partial charge in [-0.3, -0.25) is 14.4 Å². The molecule has 1 rings (SSSR count). The largest absolute Gasteiger partial charge is 0.480 e. The molecule has 1 aromatic carbocycles. The van der Waals surface area contributed by atoms with Gasteiger partial charge in [0.2, 0.25) is 11.8 Å². The van der Waals surface area contributed by atoms with Crippen LogP contribution in [0.1, 0.15) is 45.2 Å². The summed E-state index contributed by atoms with van der Waals surface area (Å²) < 4.78 is 0. The topological polar surface area (TPSA) is 86.7 Å². The number of halogens is 1. The quantitative estimate of drug-likeness (QED) is 0.751. The van der Waals surface area contributed by atoms with E-state index < -0.39 is 12.0 Å². The Morgan fingerprint density at radius 1 is 1.25 bits per heavy atom. The van der Waals surface area contributed by atoms with Crippen molar-refractivity contribution >= 4 is 29.4 Å². The molecule has 0 saturated carbocycles. The Morgan fingerprint density at radius 2 is 1.83 bits per heavy atom. The Kier molecular flexibility index (Phi) is 7.71. The Bertz CT molecular complexity index is 589. The molecule has 132 valence electrons. The second kappa shape index (κ2) is 9.27. The molecular weight excluding hydrogens is 332 g/mol. The number of carbonyl (C=O) groups is 3. The zero-order valence-corrected chi connectivity index (χ0v) is 14.8. The third-order valence-electron chi connectivity index (χ3n) is 3.78. The molecule has 2 amide bonds. The predicted octanol–water partition coefficient (Wildman–Crippen LogP) is 2.62. The zero-order valence-electron chi connectivity index (χ0n) is 14.1. The highest BCUT2D eigenvalue weighted by molar-refractivity contribution is 6.30. The van der Waals surface area contributed by atoms with E-state index in [9.17, 15) is 14.4 Å². The number of carbonyl (C=O) groups excluding carboxylic acids is 2. The van der Waals surface area contributed by atoms with Crippen molar-refractivity contribution in [2.45, 2.75) is 45.7 Å². The van der Waals surface area contributed by atoms with Crippen LogP contribution in [0.25, 0.3) is 0 Å². The maximum absolute atomic E-state index is 12.6. The number of amides is 2. The van der Waals surface area contributed by atoms with Crippen LogP contribution < -0.4 is 5.32 Å². The molecule has 6 nitrogen and oxygen atoms in total. The molecule has 2 unspecified atom stereocenters. The highest BCUT2D eigenvalue weighted by Gasteiger charge is 2.25. The van der Waals surface area contributed by atoms with Crippen molar-refractivity contribution in [2.24, 2.45) is 0 Å². The molecule has 2 N–H and O–H groups in total. The van der Waals surface area contributed by atoms with Crippen LogP contribution in [-0.4, -0.2) is 40.4 Å². The minimum atomic E-state index is -1.06. The Balaban J connectivity index is 2.98. The normalized spacial score (nSPS) is 13.0. The van der Waals surface area contributed by atoms with E-state index in [0.29, 0.717) is 11.4 Å². The van der Waals surface area contributed by atoms with E-state index in [-0.39, 0.29) is 30.8 Å². The van der Waals surface area contributed by atoms with Crippen LogP contribution in [0.2, 0.25) is 5.02 Å². The van der Waals surface area contributed by atoms with Crippen molar-refractivity contribution in [3.8, 4) is 0 Å². The number of hydrogen-bond acceptors (Lipinski definition) is 3. The van der Waals surface area contributed by atoms with Gasteiger partial charge in [-0.25, -0.2) is 0 Å². The molecule has 0 aromatic heterocycles. The second-order valence-corrected chi connectivity index (χ2v) is 6.12. The van der Waals surface area contributed by atoms with E-state index in [2.05, 4.69) is 5.32 Å². The maximum Gasteiger partial charge on any atom is 0.323 e. The van der Waals surface area contributed by atoms with E-state index >= 15 is 0 Å². The van der Waals surface area contributed by atoms with Crippen LogP contribution in [0.15, 0.2) is 24.3 Å². The van der Waals surface area contributed by atoms with Crippen molar-refractivity contribution in [3.05, 3.63) is 34.9 Å². The Labute approximate surface area is 146 Å². The molecule has 0 fully saturated rings. The molecule has 24 heavy (non-hydrogen) atoms. The number of benzene rings is 1. The van der Waals surface area contributed by atoms with Crippen molar-refractivity contribution in [2.75, 3.05) is 6.54 Å². The molecule has 0 spiro atoms. The smallest absolute Gasteiger partial charge is 0.323 e. The number of nitrogens with one attached hydrogen (secondary N) is 1. The average Bonchev–Trinajstić information content (AvgIpc) is 2.51. The summed E-state index contributed by atoms with van der Waals surface area (Å²) >= 11 is 5.87. The lowest BCUT2D eigenvalue weighted by Gasteiger charge is -2.29. The van der Waals surface area contributed by atoms with Gasteiger partial charge >= 0.3 is 5.97 Å². The summed E-state index contributed by atoms with van der Waals surface area (Å²) in [4.78, 5) is 36.4. The van der Waals surface area contributed by atoms with Crippen LogP contribution in [0.3, 0.4) is 0 Å². The van der Waals surface area contributed by atoms with Crippen molar-refractivity contribution in [1.29, 1.82) is 0 Å². The van der Waals surface area contributed by atoms with Gasteiger partial charge in [-0.15, -0.1) is 0 Å². The van der Waals surface area contributed by atoms with E-state index in [0.717, 1.165) is 5.56 Å². The lowest BCUT2D eigenvalue weighted by molar-refractivity contribution is -0.146. The van der Waals surface area contributed by atoms with Gasteiger partial charge < -0.3 is 15.3 Å². The van der Waals surface area contributed by atoms with Crippen LogP contribution in [0, 0.1) is 0 Å². The van der Waals surface area contributed by atoms with Crippen molar-refractivity contribution in [3.63, 3.8) is 0 Å². The first kappa shape index (κ1) is 20.0. The summed E-state index contributed by atoms with van der Waals surface area (Å²) in [6, 6.07) is 6.10. The molecule has 0 aliphatic carbocycles. The monoisotopic (exact) mass is 354 g/mol. The fourth-order valence-corrected chi connectivity index (χ4v) is 2.47. The standard InChI is InChI=1S/C17H23ClN2O4/c1-4-11(2)20(10-17(23)24)16(22)9-15(19-12(3)21)13-5-7-14(18)8-6-13/h5-8,11,15H,4,9-10H2,1-3H3,(H,19,21)(H,23,24). The van der Waals surface area contributed by atoms with Gasteiger partial charge in [0.25, 0.3) is 0 Å². The molecule has 0 aliphatic heterocycles. The van der Waals surface area contributed by atoms with Crippen LogP contribution in [-0.2, 0) is 14.4 Å². The summed E-state index contributed by atoms with van der Waals surface area (Å²) in [5.74, 6) is -1.65. The number of carboxylic acids is 1. The highest BCUT2D eigenvalue weighted by Crippen LogP contribution is 2.21. The van der Waals surface area contributed by atoms with E-state index in [1.54, 1.807) is 31.2 Å². The van der Waals surface area contributed by atoms with E-state index in [4.69, 9.17) is 16.7 Å². The lowest BCUT2D eigenvalue weighted by Crippen LogP contribution is -2.43. The van der Waals surface area contributed by atoms with Gasteiger partial charge in [0.15, 0.2) is 0 Å². The first-order chi connectivity index (χ1) is 11.2. The third-order valence-corrected chi connectivity index (χ3v) is 4.03. The molecule has 0 saturated heterocycles. The summed E-state index contributed by atoms with van der Waals surface area (Å²) in [6.07, 6.45) is 0.629. The van der Waals surface area contributed by atoms with Crippen molar-refractivity contribution in [1.82, 2.24) is 10.2 Å². The lowest BCUT2D eigenvalue weighted by atomic mass is 10.0. The maximum atomic E-state index is 12.6. The number of rotatable bonds is 8. The van der Waals surface area contributed by atoms with Gasteiger partial charge in [0.1, 0.15) is 6.54 Å². The zero-order chi connectivity index (χ0) is 18.3. The molecule has 2 atom stereocenters. The summed E-state index contributed by atoms with van der Waals surface area (Å²) in [6.45, 7) is 4.70. The van der Waals surface area contributed by atoms with Crippen LogP contribution >= 0.6 is 11.6 Å². The molecule has 0 bridgehead atoms. The average molecular weight is 355 g/mol. The molecular formula is C17H23ClN2O4. The molecule has 7 heteroatoms. The fraction of sp³-hybridized carbons (Fsp3) is 0.471. The van der Waals surface area contributed by atoms with Gasteiger partial charge in [-0.2, -0.15) is 0 Å². The number of aliphatic carboxylic acids is 1. The Hall–Kier alpha value is -2.08. The summed E-state index contributed by atoms with van der Waals surface area (Å²) in [5.41, 5.74) is 0.738. The van der Waals surface area contributed by atoms with Gasteiger partial charge in [0.05, 0.1) is 12.5 Å². The molecule has 0 heterocycles. The number of hydrogen-bond donors (Lipinski definition) is 2. The summed E-state index contributed by atoms with van der Waals surface area (Å²) in [7, 11) is 0. The fourth-order valence-electron chi connectivity index (χ4n) is 2.34. The highest BCUT2D eigenvalue weighted by atomic mass is 35.5. The van der Waals surface area contributed by atoms with Crippen LogP contribution in [0.5, 0.6) is 0 Å².